The summed E-state index contributed by atoms with van der Waals surface area (Å²) in [6.45, 7) is 11.5. The number of nitrogens with one attached hydrogen (secondary N) is 1. The van der Waals surface area contributed by atoms with E-state index in [9.17, 15) is 0 Å². The summed E-state index contributed by atoms with van der Waals surface area (Å²) < 4.78 is 5.25. The second-order valence-electron chi connectivity index (χ2n) is 6.74. The highest BCUT2D eigenvalue weighted by Gasteiger charge is 2.27. The quantitative estimate of drug-likeness (QED) is 0.817. The Morgan fingerprint density at radius 1 is 1.28 bits per heavy atom. The number of likely N-dealkylation sites (N-methyl/N-ethyl adjacent to an activating group) is 1. The van der Waals surface area contributed by atoms with Crippen LogP contribution in [0.25, 0.3) is 0 Å². The second-order valence-corrected chi connectivity index (χ2v) is 6.74. The maximum Gasteiger partial charge on any atom is 0.0628 e. The van der Waals surface area contributed by atoms with E-state index >= 15 is 0 Å². The Balaban J connectivity index is 2.41. The van der Waals surface area contributed by atoms with E-state index in [-0.39, 0.29) is 0 Å². The number of nitrogens with zero attached hydrogens (tertiary/aromatic N) is 1. The maximum atomic E-state index is 5.25. The summed E-state index contributed by atoms with van der Waals surface area (Å²) in [5.41, 5.74) is 0.463. The molecule has 0 saturated carbocycles. The van der Waals surface area contributed by atoms with E-state index in [1.165, 1.54) is 32.4 Å². The maximum absolute atomic E-state index is 5.25. The van der Waals surface area contributed by atoms with Crippen molar-refractivity contribution in [3.8, 4) is 0 Å². The molecular weight excluding hydrogens is 224 g/mol. The van der Waals surface area contributed by atoms with Crippen molar-refractivity contribution in [3.63, 3.8) is 0 Å². The molecule has 3 nitrogen and oxygen atoms in total. The summed E-state index contributed by atoms with van der Waals surface area (Å²) in [7, 11) is 3.81. The van der Waals surface area contributed by atoms with Crippen LogP contribution in [0.15, 0.2) is 0 Å². The Morgan fingerprint density at radius 3 is 2.56 bits per heavy atom. The van der Waals surface area contributed by atoms with Gasteiger partial charge in [-0.25, -0.2) is 0 Å². The molecule has 1 aliphatic heterocycles. The van der Waals surface area contributed by atoms with Crippen molar-refractivity contribution in [1.29, 1.82) is 0 Å². The smallest absolute Gasteiger partial charge is 0.0628 e. The average molecular weight is 256 g/mol. The van der Waals surface area contributed by atoms with Crippen molar-refractivity contribution in [3.05, 3.63) is 0 Å². The van der Waals surface area contributed by atoms with Gasteiger partial charge in [-0.2, -0.15) is 0 Å². The lowest BCUT2D eigenvalue weighted by molar-refractivity contribution is 0.140. The number of ether oxygens (including phenoxy) is 1. The standard InChI is InChI=1S/C15H32N2O/c1-15(2,3)13-7-6-9-17(10-8-13)11-14(16-4)12-18-5/h13-14,16H,6-12H2,1-5H3. The summed E-state index contributed by atoms with van der Waals surface area (Å²) in [4.78, 5) is 2.60. The van der Waals surface area contributed by atoms with Gasteiger partial charge in [0.1, 0.15) is 0 Å². The van der Waals surface area contributed by atoms with Crippen molar-refractivity contribution in [2.75, 3.05) is 40.4 Å². The molecule has 1 saturated heterocycles. The van der Waals surface area contributed by atoms with Crippen LogP contribution in [-0.2, 0) is 4.74 Å². The van der Waals surface area contributed by atoms with E-state index in [0.29, 0.717) is 11.5 Å². The summed E-state index contributed by atoms with van der Waals surface area (Å²) in [5, 5.41) is 3.35. The minimum atomic E-state index is 0.459. The van der Waals surface area contributed by atoms with Crippen molar-refractivity contribution in [2.24, 2.45) is 11.3 Å². The lowest BCUT2D eigenvalue weighted by Gasteiger charge is -2.30. The second kappa shape index (κ2) is 7.46. The third-order valence-electron chi connectivity index (χ3n) is 4.30. The van der Waals surface area contributed by atoms with E-state index in [0.717, 1.165) is 19.1 Å². The first-order chi connectivity index (χ1) is 8.47. The lowest BCUT2D eigenvalue weighted by Crippen LogP contribution is -2.42. The third kappa shape index (κ3) is 5.25. The molecule has 1 heterocycles. The highest BCUT2D eigenvalue weighted by atomic mass is 16.5. The van der Waals surface area contributed by atoms with Gasteiger partial charge in [0.2, 0.25) is 0 Å². The van der Waals surface area contributed by atoms with E-state index in [4.69, 9.17) is 4.74 Å². The monoisotopic (exact) mass is 256 g/mol. The van der Waals surface area contributed by atoms with Crippen LogP contribution in [0, 0.1) is 11.3 Å². The zero-order valence-electron chi connectivity index (χ0n) is 13.0. The Kier molecular flexibility index (Phi) is 6.61. The van der Waals surface area contributed by atoms with Gasteiger partial charge in [0.15, 0.2) is 0 Å². The van der Waals surface area contributed by atoms with Crippen LogP contribution in [0.1, 0.15) is 40.0 Å². The molecule has 0 radical (unpaired) electrons. The van der Waals surface area contributed by atoms with Crippen LogP contribution >= 0.6 is 0 Å². The number of methoxy groups -OCH3 is 1. The predicted molar refractivity (Wildman–Crippen MR) is 78.0 cm³/mol. The molecule has 1 rings (SSSR count). The fourth-order valence-electron chi connectivity index (χ4n) is 2.94. The molecule has 3 heteroatoms. The van der Waals surface area contributed by atoms with Gasteiger partial charge in [0, 0.05) is 19.7 Å². The Morgan fingerprint density at radius 2 is 2.00 bits per heavy atom. The molecule has 108 valence electrons. The summed E-state index contributed by atoms with van der Waals surface area (Å²) >= 11 is 0. The molecule has 0 aromatic rings. The summed E-state index contributed by atoms with van der Waals surface area (Å²) in [5.74, 6) is 0.873. The Hall–Kier alpha value is -0.120. The minimum absolute atomic E-state index is 0.459. The molecule has 0 bridgehead atoms. The molecule has 0 amide bonds. The number of hydrogen-bond acceptors (Lipinski definition) is 3. The van der Waals surface area contributed by atoms with Gasteiger partial charge in [-0.1, -0.05) is 20.8 Å². The molecule has 1 aliphatic rings. The molecule has 1 N–H and O–H groups in total. The van der Waals surface area contributed by atoms with Gasteiger partial charge >= 0.3 is 0 Å². The molecule has 2 unspecified atom stereocenters. The normalized spacial score (nSPS) is 24.8. The topological polar surface area (TPSA) is 24.5 Å². The summed E-state index contributed by atoms with van der Waals surface area (Å²) in [6, 6.07) is 0.459. The van der Waals surface area contributed by atoms with Gasteiger partial charge in [-0.05, 0) is 50.7 Å². The van der Waals surface area contributed by atoms with Crippen LogP contribution in [-0.4, -0.2) is 51.3 Å². The first-order valence-electron chi connectivity index (χ1n) is 7.36. The predicted octanol–water partition coefficient (Wildman–Crippen LogP) is 2.37. The molecule has 1 fully saturated rings. The van der Waals surface area contributed by atoms with Gasteiger partial charge in [0.25, 0.3) is 0 Å². The third-order valence-corrected chi connectivity index (χ3v) is 4.30. The van der Waals surface area contributed by atoms with Gasteiger partial charge in [0.05, 0.1) is 6.61 Å². The van der Waals surface area contributed by atoms with Crippen LogP contribution in [0.3, 0.4) is 0 Å². The fourth-order valence-corrected chi connectivity index (χ4v) is 2.94. The highest BCUT2D eigenvalue weighted by molar-refractivity contribution is 4.80. The average Bonchev–Trinajstić information content (AvgIpc) is 2.53. The van der Waals surface area contributed by atoms with Crippen LogP contribution in [0.2, 0.25) is 0 Å². The van der Waals surface area contributed by atoms with E-state index in [1.807, 2.05) is 7.05 Å². The largest absolute Gasteiger partial charge is 0.383 e. The molecule has 2 atom stereocenters. The van der Waals surface area contributed by atoms with Gasteiger partial charge in [-0.15, -0.1) is 0 Å². The van der Waals surface area contributed by atoms with Crippen molar-refractivity contribution in [2.45, 2.75) is 46.1 Å². The zero-order valence-corrected chi connectivity index (χ0v) is 13.0. The van der Waals surface area contributed by atoms with Crippen molar-refractivity contribution < 1.29 is 4.74 Å². The lowest BCUT2D eigenvalue weighted by atomic mass is 9.77. The fraction of sp³-hybridized carbons (Fsp3) is 1.00. The van der Waals surface area contributed by atoms with Crippen LogP contribution in [0.4, 0.5) is 0 Å². The number of likely N-dealkylation sites (tertiary alicyclic amines) is 1. The van der Waals surface area contributed by atoms with E-state index in [2.05, 4.69) is 31.0 Å². The van der Waals surface area contributed by atoms with E-state index in [1.54, 1.807) is 7.11 Å². The molecule has 0 aliphatic carbocycles. The van der Waals surface area contributed by atoms with E-state index < -0.39 is 0 Å². The van der Waals surface area contributed by atoms with Crippen LogP contribution < -0.4 is 5.32 Å². The molecular formula is C15H32N2O. The van der Waals surface area contributed by atoms with Gasteiger partial charge in [-0.3, -0.25) is 0 Å². The molecule has 0 spiro atoms. The molecule has 0 aromatic heterocycles. The summed E-state index contributed by atoms with van der Waals surface area (Å²) in [6.07, 6.45) is 4.06. The van der Waals surface area contributed by atoms with Gasteiger partial charge < -0.3 is 15.0 Å². The molecule has 0 aromatic carbocycles. The van der Waals surface area contributed by atoms with Crippen molar-refractivity contribution in [1.82, 2.24) is 10.2 Å². The SMILES string of the molecule is CNC(COC)CN1CCCC(C(C)(C)C)CC1. The zero-order chi connectivity index (χ0) is 13.6. The Bertz CT molecular complexity index is 225. The first-order valence-corrected chi connectivity index (χ1v) is 7.36. The highest BCUT2D eigenvalue weighted by Crippen LogP contribution is 2.34. The Labute approximate surface area is 113 Å². The van der Waals surface area contributed by atoms with Crippen LogP contribution in [0.5, 0.6) is 0 Å². The van der Waals surface area contributed by atoms with Crippen molar-refractivity contribution >= 4 is 0 Å². The number of rotatable bonds is 5. The minimum Gasteiger partial charge on any atom is -0.383 e. The molecule has 18 heavy (non-hydrogen) atoms. The first kappa shape index (κ1) is 15.9. The number of hydrogen-bond donors (Lipinski definition) is 1.